The molecule has 4 atom stereocenters. The minimum atomic E-state index is -1.62. The number of nitrogens with zero attached hydrogens (tertiary/aromatic N) is 1. The summed E-state index contributed by atoms with van der Waals surface area (Å²) in [6.45, 7) is -0.423. The van der Waals surface area contributed by atoms with Crippen LogP contribution < -0.4 is 11.2 Å². The molecule has 1 aliphatic rings. The number of methoxy groups -OCH3 is 1. The van der Waals surface area contributed by atoms with E-state index < -0.39 is 42.5 Å². The number of aliphatic hydroxyl groups is 1. The van der Waals surface area contributed by atoms with E-state index in [9.17, 15) is 14.0 Å². The van der Waals surface area contributed by atoms with E-state index in [1.165, 1.54) is 7.11 Å². The second-order valence-corrected chi connectivity index (χ2v) is 3.91. The fourth-order valence-electron chi connectivity index (χ4n) is 1.97. The van der Waals surface area contributed by atoms with E-state index in [-0.39, 0.29) is 0 Å². The molecule has 1 fully saturated rings. The molecule has 1 aromatic rings. The van der Waals surface area contributed by atoms with Crippen molar-refractivity contribution in [2.24, 2.45) is 0 Å². The lowest BCUT2D eigenvalue weighted by Gasteiger charge is -2.15. The van der Waals surface area contributed by atoms with E-state index in [1.807, 2.05) is 4.98 Å². The molecule has 0 amide bonds. The van der Waals surface area contributed by atoms with Gasteiger partial charge in [0, 0.05) is 19.4 Å². The molecule has 1 unspecified atom stereocenters. The number of hydrogen-bond acceptors (Lipinski definition) is 5. The third-order valence-corrected chi connectivity index (χ3v) is 2.84. The Balaban J connectivity index is 2.34. The zero-order valence-corrected chi connectivity index (χ0v) is 9.58. The molecule has 0 aromatic carbocycles. The summed E-state index contributed by atoms with van der Waals surface area (Å²) in [4.78, 5) is 24.4. The maximum atomic E-state index is 14.0. The summed E-state index contributed by atoms with van der Waals surface area (Å²) in [5.74, 6) is 0. The number of nitrogens with one attached hydrogen (secondary N) is 1. The number of halogens is 1. The number of aromatic amines is 1. The lowest BCUT2D eigenvalue weighted by molar-refractivity contribution is -0.0544. The second-order valence-electron chi connectivity index (χ2n) is 3.91. The van der Waals surface area contributed by atoms with E-state index in [1.54, 1.807) is 0 Å². The molecule has 2 rings (SSSR count). The highest BCUT2D eigenvalue weighted by atomic mass is 19.1. The summed E-state index contributed by atoms with van der Waals surface area (Å²) in [7, 11) is 1.29. The highest BCUT2D eigenvalue weighted by Crippen LogP contribution is 2.32. The molecule has 0 bridgehead atoms. The van der Waals surface area contributed by atoms with Crippen LogP contribution in [-0.2, 0) is 9.47 Å². The molecule has 2 heterocycles. The summed E-state index contributed by atoms with van der Waals surface area (Å²) in [5.41, 5.74) is -1.35. The highest BCUT2D eigenvalue weighted by Gasteiger charge is 2.46. The van der Waals surface area contributed by atoms with Crippen LogP contribution in [0.4, 0.5) is 4.39 Å². The van der Waals surface area contributed by atoms with Gasteiger partial charge in [-0.3, -0.25) is 14.3 Å². The van der Waals surface area contributed by atoms with Gasteiger partial charge >= 0.3 is 5.69 Å². The minimum Gasteiger partial charge on any atom is -0.394 e. The maximum absolute atomic E-state index is 14.0. The van der Waals surface area contributed by atoms with Gasteiger partial charge in [-0.2, -0.15) is 0 Å². The molecule has 7 nitrogen and oxygen atoms in total. The fourth-order valence-corrected chi connectivity index (χ4v) is 1.97. The van der Waals surface area contributed by atoms with Crippen molar-refractivity contribution >= 4 is 0 Å². The summed E-state index contributed by atoms with van der Waals surface area (Å²) in [6, 6.07) is 1.09. The van der Waals surface area contributed by atoms with Gasteiger partial charge in [0.15, 0.2) is 12.4 Å². The number of aliphatic hydroxyl groups excluding tert-OH is 1. The molecule has 1 saturated heterocycles. The third-order valence-electron chi connectivity index (χ3n) is 2.84. The molecule has 0 saturated carbocycles. The monoisotopic (exact) mass is 260 g/mol. The van der Waals surface area contributed by atoms with Gasteiger partial charge < -0.3 is 14.6 Å². The Morgan fingerprint density at radius 3 is 2.83 bits per heavy atom. The number of hydrogen-bond donors (Lipinski definition) is 2. The number of rotatable bonds is 3. The van der Waals surface area contributed by atoms with Crippen molar-refractivity contribution in [1.29, 1.82) is 0 Å². The van der Waals surface area contributed by atoms with Crippen LogP contribution in [0.1, 0.15) is 6.23 Å². The number of H-pyrrole nitrogens is 1. The first-order chi connectivity index (χ1) is 8.58. The first-order valence-corrected chi connectivity index (χ1v) is 5.33. The van der Waals surface area contributed by atoms with E-state index in [4.69, 9.17) is 14.6 Å². The van der Waals surface area contributed by atoms with Crippen molar-refractivity contribution in [2.45, 2.75) is 24.6 Å². The average molecular weight is 260 g/mol. The van der Waals surface area contributed by atoms with Crippen LogP contribution in [0.5, 0.6) is 0 Å². The summed E-state index contributed by atoms with van der Waals surface area (Å²) in [5, 5.41) is 9.05. The first kappa shape index (κ1) is 12.9. The molecule has 8 heteroatoms. The predicted octanol–water partition coefficient (Wildman–Crippen LogP) is -1.22. The normalized spacial score (nSPS) is 31.7. The van der Waals surface area contributed by atoms with Crippen LogP contribution in [0.15, 0.2) is 21.9 Å². The lowest BCUT2D eigenvalue weighted by atomic mass is 10.1. The summed E-state index contributed by atoms with van der Waals surface area (Å²) >= 11 is 0. The maximum Gasteiger partial charge on any atom is 0.330 e. The first-order valence-electron chi connectivity index (χ1n) is 5.33. The molecule has 1 aliphatic heterocycles. The predicted molar refractivity (Wildman–Crippen MR) is 58.0 cm³/mol. The standard InChI is InChI=1S/C10H13FN2O5/c1-17-8-5(4-14)18-9(7(8)11)13-3-2-6(15)12-10(13)16/h2-3,5,7-9,14H,4H2,1H3,(H,12,15,16)/t5-,7+,8?,9-/m1/s1. The smallest absolute Gasteiger partial charge is 0.330 e. The van der Waals surface area contributed by atoms with Gasteiger partial charge in [-0.1, -0.05) is 0 Å². The molecule has 0 aliphatic carbocycles. The number of ether oxygens (including phenoxy) is 2. The lowest BCUT2D eigenvalue weighted by Crippen LogP contribution is -2.36. The zero-order chi connectivity index (χ0) is 13.3. The van der Waals surface area contributed by atoms with Crippen LogP contribution in [-0.4, -0.2) is 46.8 Å². The highest BCUT2D eigenvalue weighted by molar-refractivity contribution is 4.93. The molecule has 100 valence electrons. The van der Waals surface area contributed by atoms with Crippen LogP contribution in [0.25, 0.3) is 0 Å². The van der Waals surface area contributed by atoms with Gasteiger partial charge in [0.1, 0.15) is 12.2 Å². The van der Waals surface area contributed by atoms with Crippen molar-refractivity contribution in [1.82, 2.24) is 9.55 Å². The third kappa shape index (κ3) is 2.09. The molecule has 18 heavy (non-hydrogen) atoms. The topological polar surface area (TPSA) is 93.5 Å². The average Bonchev–Trinajstić information content (AvgIpc) is 2.66. The van der Waals surface area contributed by atoms with Gasteiger partial charge in [-0.05, 0) is 0 Å². The van der Waals surface area contributed by atoms with Gasteiger partial charge in [0.05, 0.1) is 6.61 Å². The Bertz CT molecular complexity index is 527. The van der Waals surface area contributed by atoms with Crippen LogP contribution in [0.3, 0.4) is 0 Å². The minimum absolute atomic E-state index is 0.423. The van der Waals surface area contributed by atoms with E-state index >= 15 is 0 Å². The molecular weight excluding hydrogens is 247 g/mol. The van der Waals surface area contributed by atoms with Crippen molar-refractivity contribution in [3.63, 3.8) is 0 Å². The SMILES string of the molecule is COC1[C@@H](CO)O[C@@H](n2ccc(=O)[nH]c2=O)[C@H]1F. The van der Waals surface area contributed by atoms with E-state index in [0.717, 1.165) is 16.8 Å². The molecular formula is C10H13FN2O5. The fraction of sp³-hybridized carbons (Fsp3) is 0.600. The zero-order valence-electron chi connectivity index (χ0n) is 9.58. The van der Waals surface area contributed by atoms with Crippen molar-refractivity contribution < 1.29 is 19.0 Å². The Hall–Kier alpha value is -1.51. The van der Waals surface area contributed by atoms with Crippen molar-refractivity contribution in [3.05, 3.63) is 33.1 Å². The van der Waals surface area contributed by atoms with Gasteiger partial charge in [0.25, 0.3) is 5.56 Å². The van der Waals surface area contributed by atoms with Crippen molar-refractivity contribution in [3.8, 4) is 0 Å². The molecule has 1 aromatic heterocycles. The van der Waals surface area contributed by atoms with Crippen LogP contribution in [0, 0.1) is 0 Å². The molecule has 2 N–H and O–H groups in total. The Morgan fingerprint density at radius 2 is 2.33 bits per heavy atom. The number of alkyl halides is 1. The summed E-state index contributed by atoms with van der Waals surface area (Å²) in [6.07, 6.45) is -3.51. The molecule has 0 radical (unpaired) electrons. The largest absolute Gasteiger partial charge is 0.394 e. The quantitative estimate of drug-likeness (QED) is 0.710. The van der Waals surface area contributed by atoms with Gasteiger partial charge in [-0.25, -0.2) is 9.18 Å². The molecule has 0 spiro atoms. The van der Waals surface area contributed by atoms with Crippen molar-refractivity contribution in [2.75, 3.05) is 13.7 Å². The van der Waals surface area contributed by atoms with Gasteiger partial charge in [0.2, 0.25) is 0 Å². The van der Waals surface area contributed by atoms with E-state index in [0.29, 0.717) is 0 Å². The second kappa shape index (κ2) is 5.01. The Labute approximate surface area is 101 Å². The Kier molecular flexibility index (Phi) is 3.60. The van der Waals surface area contributed by atoms with E-state index in [2.05, 4.69) is 0 Å². The van der Waals surface area contributed by atoms with Crippen LogP contribution in [0.2, 0.25) is 0 Å². The number of aromatic nitrogens is 2. The summed E-state index contributed by atoms with van der Waals surface area (Å²) < 4.78 is 25.1. The van der Waals surface area contributed by atoms with Crippen LogP contribution >= 0.6 is 0 Å². The Morgan fingerprint density at radius 1 is 1.61 bits per heavy atom. The van der Waals surface area contributed by atoms with Gasteiger partial charge in [-0.15, -0.1) is 0 Å².